The van der Waals surface area contributed by atoms with Gasteiger partial charge in [-0.1, -0.05) is 12.1 Å². The Labute approximate surface area is 105 Å². The lowest BCUT2D eigenvalue weighted by molar-refractivity contribution is 0.254. The smallest absolute Gasteiger partial charge is 0.123 e. The van der Waals surface area contributed by atoms with Gasteiger partial charge >= 0.3 is 0 Å². The van der Waals surface area contributed by atoms with Gasteiger partial charge in [-0.15, -0.1) is 11.6 Å². The fraction of sp³-hybridized carbons (Fsp3) is 0.286. The molecule has 1 aliphatic rings. The van der Waals surface area contributed by atoms with E-state index in [1.807, 2.05) is 18.2 Å². The average Bonchev–Trinajstić information content (AvgIpc) is 2.94. The van der Waals surface area contributed by atoms with Crippen molar-refractivity contribution >= 4 is 11.6 Å². The lowest BCUT2D eigenvalue weighted by Crippen LogP contribution is -2.05. The van der Waals surface area contributed by atoms with Crippen molar-refractivity contribution in [1.82, 2.24) is 0 Å². The number of halogens is 1. The highest BCUT2D eigenvalue weighted by atomic mass is 35.5. The number of hydrogen-bond donors (Lipinski definition) is 0. The second-order valence-electron chi connectivity index (χ2n) is 4.42. The SMILES string of the molecule is CC1Cc2cc(C(Cl)c3ccoc3)ccc2O1. The van der Waals surface area contributed by atoms with Crippen LogP contribution in [0.4, 0.5) is 0 Å². The molecule has 0 saturated carbocycles. The number of fused-ring (bicyclic) bond motifs is 1. The molecule has 0 bridgehead atoms. The first-order valence-electron chi connectivity index (χ1n) is 5.69. The van der Waals surface area contributed by atoms with E-state index in [-0.39, 0.29) is 11.5 Å². The zero-order valence-electron chi connectivity index (χ0n) is 9.52. The summed E-state index contributed by atoms with van der Waals surface area (Å²) < 4.78 is 10.7. The van der Waals surface area contributed by atoms with Crippen molar-refractivity contribution in [2.45, 2.75) is 24.8 Å². The molecule has 1 aliphatic heterocycles. The maximum atomic E-state index is 6.41. The number of benzene rings is 1. The molecule has 0 saturated heterocycles. The van der Waals surface area contributed by atoms with Crippen LogP contribution in [0.15, 0.2) is 41.2 Å². The molecule has 0 amide bonds. The Morgan fingerprint density at radius 2 is 2.18 bits per heavy atom. The standard InChI is InChI=1S/C14H13ClO2/c1-9-6-12-7-10(2-3-13(12)17-9)14(15)11-4-5-16-8-11/h2-5,7-9,14H,6H2,1H3. The summed E-state index contributed by atoms with van der Waals surface area (Å²) in [7, 11) is 0. The molecule has 2 nitrogen and oxygen atoms in total. The Balaban J connectivity index is 1.93. The van der Waals surface area contributed by atoms with Gasteiger partial charge in [0.25, 0.3) is 0 Å². The van der Waals surface area contributed by atoms with E-state index in [2.05, 4.69) is 13.0 Å². The highest BCUT2D eigenvalue weighted by molar-refractivity contribution is 6.22. The van der Waals surface area contributed by atoms with Crippen molar-refractivity contribution in [3.05, 3.63) is 53.5 Å². The molecule has 2 heterocycles. The van der Waals surface area contributed by atoms with Gasteiger partial charge in [-0.25, -0.2) is 0 Å². The van der Waals surface area contributed by atoms with Crippen molar-refractivity contribution in [3.8, 4) is 5.75 Å². The van der Waals surface area contributed by atoms with Crippen molar-refractivity contribution in [2.24, 2.45) is 0 Å². The summed E-state index contributed by atoms with van der Waals surface area (Å²) in [6, 6.07) is 8.04. The van der Waals surface area contributed by atoms with E-state index in [1.54, 1.807) is 12.5 Å². The second-order valence-corrected chi connectivity index (χ2v) is 4.86. The van der Waals surface area contributed by atoms with Gasteiger partial charge in [0.05, 0.1) is 17.9 Å². The quantitative estimate of drug-likeness (QED) is 0.752. The van der Waals surface area contributed by atoms with Crippen LogP contribution >= 0.6 is 11.6 Å². The first-order chi connectivity index (χ1) is 8.24. The second kappa shape index (κ2) is 4.11. The maximum absolute atomic E-state index is 6.41. The van der Waals surface area contributed by atoms with Gasteiger partial charge in [0.1, 0.15) is 11.9 Å². The molecular weight excluding hydrogens is 236 g/mol. The number of alkyl halides is 1. The Morgan fingerprint density at radius 3 is 2.94 bits per heavy atom. The van der Waals surface area contributed by atoms with Crippen LogP contribution in [0.5, 0.6) is 5.75 Å². The molecule has 1 aromatic carbocycles. The topological polar surface area (TPSA) is 22.4 Å². The lowest BCUT2D eigenvalue weighted by atomic mass is 10.0. The van der Waals surface area contributed by atoms with Crippen LogP contribution in [-0.4, -0.2) is 6.10 Å². The zero-order chi connectivity index (χ0) is 11.8. The van der Waals surface area contributed by atoms with Crippen molar-refractivity contribution in [2.75, 3.05) is 0 Å². The summed E-state index contributed by atoms with van der Waals surface area (Å²) in [6.45, 7) is 2.08. The van der Waals surface area contributed by atoms with E-state index < -0.39 is 0 Å². The molecule has 88 valence electrons. The number of rotatable bonds is 2. The molecule has 17 heavy (non-hydrogen) atoms. The fourth-order valence-electron chi connectivity index (χ4n) is 2.21. The molecule has 3 heteroatoms. The monoisotopic (exact) mass is 248 g/mol. The van der Waals surface area contributed by atoms with Gasteiger partial charge in [0.2, 0.25) is 0 Å². The van der Waals surface area contributed by atoms with E-state index in [0.717, 1.165) is 23.3 Å². The number of hydrogen-bond acceptors (Lipinski definition) is 2. The molecular formula is C14H13ClO2. The maximum Gasteiger partial charge on any atom is 0.123 e. The fourth-order valence-corrected chi connectivity index (χ4v) is 2.47. The Bertz CT molecular complexity index is 519. The average molecular weight is 249 g/mol. The Hall–Kier alpha value is -1.41. The third kappa shape index (κ3) is 1.93. The van der Waals surface area contributed by atoms with E-state index in [4.69, 9.17) is 20.8 Å². The molecule has 0 fully saturated rings. The van der Waals surface area contributed by atoms with E-state index in [1.165, 1.54) is 5.56 Å². The molecule has 3 rings (SSSR count). The van der Waals surface area contributed by atoms with Crippen LogP contribution in [0.1, 0.15) is 29.0 Å². The summed E-state index contributed by atoms with van der Waals surface area (Å²) in [5, 5.41) is -0.157. The molecule has 0 N–H and O–H groups in total. The largest absolute Gasteiger partial charge is 0.490 e. The molecule has 2 atom stereocenters. The zero-order valence-corrected chi connectivity index (χ0v) is 10.3. The molecule has 2 aromatic rings. The third-order valence-electron chi connectivity index (χ3n) is 3.05. The van der Waals surface area contributed by atoms with Gasteiger partial charge in [0.15, 0.2) is 0 Å². The van der Waals surface area contributed by atoms with E-state index >= 15 is 0 Å². The predicted molar refractivity (Wildman–Crippen MR) is 66.6 cm³/mol. The van der Waals surface area contributed by atoms with E-state index in [9.17, 15) is 0 Å². The summed E-state index contributed by atoms with van der Waals surface area (Å²) >= 11 is 6.41. The van der Waals surface area contributed by atoms with Gasteiger partial charge < -0.3 is 9.15 Å². The van der Waals surface area contributed by atoms with Crippen LogP contribution < -0.4 is 4.74 Å². The summed E-state index contributed by atoms with van der Waals surface area (Å²) in [6.07, 6.45) is 4.55. The summed E-state index contributed by atoms with van der Waals surface area (Å²) in [5.41, 5.74) is 3.31. The molecule has 0 spiro atoms. The minimum atomic E-state index is -0.157. The molecule has 2 unspecified atom stereocenters. The van der Waals surface area contributed by atoms with Crippen molar-refractivity contribution < 1.29 is 9.15 Å². The van der Waals surface area contributed by atoms with Crippen LogP contribution in [-0.2, 0) is 6.42 Å². The summed E-state index contributed by atoms with van der Waals surface area (Å²) in [4.78, 5) is 0. The lowest BCUT2D eigenvalue weighted by Gasteiger charge is -2.09. The molecule has 0 radical (unpaired) electrons. The van der Waals surface area contributed by atoms with Crippen LogP contribution in [0.2, 0.25) is 0 Å². The minimum Gasteiger partial charge on any atom is -0.490 e. The molecule has 1 aromatic heterocycles. The number of ether oxygens (including phenoxy) is 1. The Kier molecular flexibility index (Phi) is 2.60. The van der Waals surface area contributed by atoms with Gasteiger partial charge in [-0.2, -0.15) is 0 Å². The van der Waals surface area contributed by atoms with Crippen molar-refractivity contribution in [3.63, 3.8) is 0 Å². The molecule has 0 aliphatic carbocycles. The van der Waals surface area contributed by atoms with Crippen LogP contribution in [0.3, 0.4) is 0 Å². The van der Waals surface area contributed by atoms with Gasteiger partial charge in [-0.05, 0) is 30.2 Å². The minimum absolute atomic E-state index is 0.157. The van der Waals surface area contributed by atoms with E-state index in [0.29, 0.717) is 0 Å². The first-order valence-corrected chi connectivity index (χ1v) is 6.13. The normalized spacial score (nSPS) is 19.8. The number of furan rings is 1. The van der Waals surface area contributed by atoms with Crippen molar-refractivity contribution in [1.29, 1.82) is 0 Å². The third-order valence-corrected chi connectivity index (χ3v) is 3.55. The Morgan fingerprint density at radius 1 is 1.29 bits per heavy atom. The van der Waals surface area contributed by atoms with Gasteiger partial charge in [0, 0.05) is 12.0 Å². The highest BCUT2D eigenvalue weighted by Gasteiger charge is 2.21. The highest BCUT2D eigenvalue weighted by Crippen LogP contribution is 2.35. The summed E-state index contributed by atoms with van der Waals surface area (Å²) in [5.74, 6) is 0.984. The predicted octanol–water partition coefficient (Wildman–Crippen LogP) is 3.93. The van der Waals surface area contributed by atoms with Gasteiger partial charge in [-0.3, -0.25) is 0 Å². The first kappa shape index (κ1) is 10.7. The van der Waals surface area contributed by atoms with Crippen LogP contribution in [0, 0.1) is 0 Å². The van der Waals surface area contributed by atoms with Crippen LogP contribution in [0.25, 0.3) is 0 Å².